The number of nitrogens with zero attached hydrogens (tertiary/aromatic N) is 2. The van der Waals surface area contributed by atoms with Gasteiger partial charge in [-0.1, -0.05) is 0 Å². The van der Waals surface area contributed by atoms with Crippen LogP contribution in [0, 0.1) is 6.92 Å². The van der Waals surface area contributed by atoms with E-state index in [0.717, 1.165) is 46.7 Å². The molecule has 0 fully saturated rings. The Bertz CT molecular complexity index is 966. The molecule has 0 unspecified atom stereocenters. The summed E-state index contributed by atoms with van der Waals surface area (Å²) in [5.74, 6) is 1.58. The predicted octanol–water partition coefficient (Wildman–Crippen LogP) is 5.48. The predicted molar refractivity (Wildman–Crippen MR) is 117 cm³/mol. The highest BCUT2D eigenvalue weighted by molar-refractivity contribution is 7.14. The van der Waals surface area contributed by atoms with Crippen LogP contribution in [0.25, 0.3) is 11.3 Å². The molecule has 0 radical (unpaired) electrons. The lowest BCUT2D eigenvalue weighted by Crippen LogP contribution is -2.21. The first-order valence-corrected chi connectivity index (χ1v) is 10.5. The molecule has 1 aliphatic heterocycles. The number of aryl methyl sites for hydroxylation is 1. The zero-order chi connectivity index (χ0) is 19.5. The highest BCUT2D eigenvalue weighted by Crippen LogP contribution is 2.36. The Hall–Kier alpha value is -2.73. The highest BCUT2D eigenvalue weighted by atomic mass is 32.1. The third-order valence-corrected chi connectivity index (χ3v) is 5.68. The van der Waals surface area contributed by atoms with Crippen LogP contribution in [-0.2, 0) is 0 Å². The van der Waals surface area contributed by atoms with Gasteiger partial charge in [0.15, 0.2) is 16.6 Å². The van der Waals surface area contributed by atoms with Gasteiger partial charge >= 0.3 is 0 Å². The Morgan fingerprint density at radius 1 is 1.04 bits per heavy atom. The van der Waals surface area contributed by atoms with Crippen LogP contribution in [0.1, 0.15) is 19.4 Å². The molecule has 0 saturated heterocycles. The van der Waals surface area contributed by atoms with Crippen molar-refractivity contribution in [3.8, 4) is 22.8 Å². The molecular weight excluding hydrogens is 370 g/mol. The quantitative estimate of drug-likeness (QED) is 0.599. The number of anilines is 3. The number of hydrogen-bond donors (Lipinski definition) is 1. The number of ether oxygens (including phenoxy) is 2. The third kappa shape index (κ3) is 3.78. The molecule has 28 heavy (non-hydrogen) atoms. The number of aromatic nitrogens is 1. The van der Waals surface area contributed by atoms with Crippen LogP contribution in [0.4, 0.5) is 16.5 Å². The Morgan fingerprint density at radius 2 is 1.82 bits per heavy atom. The summed E-state index contributed by atoms with van der Waals surface area (Å²) in [5, 5.41) is 6.40. The molecule has 5 nitrogen and oxygen atoms in total. The van der Waals surface area contributed by atoms with Crippen molar-refractivity contribution in [1.29, 1.82) is 0 Å². The first-order valence-electron chi connectivity index (χ1n) is 9.66. The number of hydrogen-bond acceptors (Lipinski definition) is 6. The Balaban J connectivity index is 1.52. The molecular formula is C22H25N3O2S. The second kappa shape index (κ2) is 8.10. The molecule has 3 aromatic rings. The van der Waals surface area contributed by atoms with Crippen LogP contribution in [0.5, 0.6) is 11.5 Å². The summed E-state index contributed by atoms with van der Waals surface area (Å²) in [6, 6.07) is 12.5. The first kappa shape index (κ1) is 18.6. The second-order valence-corrected chi connectivity index (χ2v) is 7.55. The molecule has 1 aromatic heterocycles. The molecule has 0 saturated carbocycles. The summed E-state index contributed by atoms with van der Waals surface area (Å²) in [6.45, 7) is 9.69. The van der Waals surface area contributed by atoms with Crippen molar-refractivity contribution in [1.82, 2.24) is 4.98 Å². The lowest BCUT2D eigenvalue weighted by atomic mass is 10.1. The fourth-order valence-electron chi connectivity index (χ4n) is 3.36. The van der Waals surface area contributed by atoms with Crippen LogP contribution in [0.2, 0.25) is 0 Å². The molecule has 1 N–H and O–H groups in total. The fraction of sp³-hybridized carbons (Fsp3) is 0.318. The normalized spacial score (nSPS) is 12.7. The Kier molecular flexibility index (Phi) is 5.39. The molecule has 0 aliphatic carbocycles. The zero-order valence-electron chi connectivity index (χ0n) is 16.5. The van der Waals surface area contributed by atoms with Gasteiger partial charge in [0.2, 0.25) is 0 Å². The van der Waals surface area contributed by atoms with Gasteiger partial charge in [-0.05, 0) is 62.7 Å². The lowest BCUT2D eigenvalue weighted by molar-refractivity contribution is 0.171. The van der Waals surface area contributed by atoms with Gasteiger partial charge in [0.05, 0.1) is 5.69 Å². The maximum Gasteiger partial charge on any atom is 0.187 e. The summed E-state index contributed by atoms with van der Waals surface area (Å²) >= 11 is 1.60. The van der Waals surface area contributed by atoms with Crippen LogP contribution < -0.4 is 19.7 Å². The average molecular weight is 396 g/mol. The minimum Gasteiger partial charge on any atom is -0.486 e. The maximum absolute atomic E-state index is 5.68. The Morgan fingerprint density at radius 3 is 2.57 bits per heavy atom. The largest absolute Gasteiger partial charge is 0.486 e. The molecule has 146 valence electrons. The van der Waals surface area contributed by atoms with Gasteiger partial charge in [-0.25, -0.2) is 4.98 Å². The van der Waals surface area contributed by atoms with E-state index in [-0.39, 0.29) is 0 Å². The van der Waals surface area contributed by atoms with Crippen molar-refractivity contribution >= 4 is 27.8 Å². The van der Waals surface area contributed by atoms with E-state index in [0.29, 0.717) is 13.2 Å². The first-order chi connectivity index (χ1) is 13.7. The molecule has 2 heterocycles. The van der Waals surface area contributed by atoms with Gasteiger partial charge in [0.25, 0.3) is 0 Å². The summed E-state index contributed by atoms with van der Waals surface area (Å²) in [6.07, 6.45) is 0. The number of benzene rings is 2. The van der Waals surface area contributed by atoms with Crippen molar-refractivity contribution in [3.05, 3.63) is 47.3 Å². The van der Waals surface area contributed by atoms with Gasteiger partial charge in [-0.2, -0.15) is 0 Å². The molecule has 1 aliphatic rings. The zero-order valence-corrected chi connectivity index (χ0v) is 17.3. The monoisotopic (exact) mass is 395 g/mol. The van der Waals surface area contributed by atoms with Crippen molar-refractivity contribution in [2.45, 2.75) is 20.8 Å². The van der Waals surface area contributed by atoms with Gasteiger partial charge < -0.3 is 19.7 Å². The van der Waals surface area contributed by atoms with E-state index in [1.54, 1.807) is 11.3 Å². The molecule has 0 spiro atoms. The number of rotatable bonds is 6. The summed E-state index contributed by atoms with van der Waals surface area (Å²) in [5.41, 5.74) is 5.51. The van der Waals surface area contributed by atoms with Crippen LogP contribution in [0.15, 0.2) is 41.8 Å². The number of nitrogens with one attached hydrogen (secondary N) is 1. The summed E-state index contributed by atoms with van der Waals surface area (Å²) in [4.78, 5) is 7.10. The third-order valence-electron chi connectivity index (χ3n) is 4.92. The molecule has 0 atom stereocenters. The van der Waals surface area contributed by atoms with Crippen LogP contribution >= 0.6 is 11.3 Å². The van der Waals surface area contributed by atoms with E-state index in [1.165, 1.54) is 11.3 Å². The molecule has 0 amide bonds. The topological polar surface area (TPSA) is 46.6 Å². The molecule has 0 bridgehead atoms. The number of fused-ring (bicyclic) bond motifs is 1. The van der Waals surface area contributed by atoms with E-state index in [2.05, 4.69) is 54.6 Å². The Labute approximate surface area is 169 Å². The molecule has 6 heteroatoms. The maximum atomic E-state index is 5.68. The average Bonchev–Trinajstić information content (AvgIpc) is 3.19. The van der Waals surface area contributed by atoms with Gasteiger partial charge in [0.1, 0.15) is 13.2 Å². The van der Waals surface area contributed by atoms with E-state index in [1.807, 2.05) is 18.2 Å². The second-order valence-electron chi connectivity index (χ2n) is 6.69. The lowest BCUT2D eigenvalue weighted by Gasteiger charge is -2.22. The van der Waals surface area contributed by atoms with Gasteiger partial charge in [-0.15, -0.1) is 11.3 Å². The summed E-state index contributed by atoms with van der Waals surface area (Å²) < 4.78 is 11.3. The fourth-order valence-corrected chi connectivity index (χ4v) is 4.09. The van der Waals surface area contributed by atoms with Crippen molar-refractivity contribution in [2.75, 3.05) is 36.5 Å². The SMILES string of the molecule is CCN(CC)c1ccc(Nc2nc(-c3ccc4c(c3)OCCO4)cs2)c(C)c1. The van der Waals surface area contributed by atoms with E-state index >= 15 is 0 Å². The highest BCUT2D eigenvalue weighted by Gasteiger charge is 2.14. The standard InChI is InChI=1S/C22H25N3O2S/c1-4-25(5-2)17-7-8-18(15(3)12-17)23-22-24-19(14-28-22)16-6-9-20-21(13-16)27-11-10-26-20/h6-9,12-14H,4-5,10-11H2,1-3H3,(H,23,24). The smallest absolute Gasteiger partial charge is 0.187 e. The van der Waals surface area contributed by atoms with E-state index in [9.17, 15) is 0 Å². The number of thiazole rings is 1. The van der Waals surface area contributed by atoms with Crippen LogP contribution in [0.3, 0.4) is 0 Å². The molecule has 2 aromatic carbocycles. The van der Waals surface area contributed by atoms with E-state index < -0.39 is 0 Å². The minimum atomic E-state index is 0.586. The molecule has 4 rings (SSSR count). The van der Waals surface area contributed by atoms with Crippen molar-refractivity contribution in [2.24, 2.45) is 0 Å². The van der Waals surface area contributed by atoms with E-state index in [4.69, 9.17) is 14.5 Å². The van der Waals surface area contributed by atoms with Crippen molar-refractivity contribution < 1.29 is 9.47 Å². The summed E-state index contributed by atoms with van der Waals surface area (Å²) in [7, 11) is 0. The van der Waals surface area contributed by atoms with Crippen LogP contribution in [-0.4, -0.2) is 31.3 Å². The van der Waals surface area contributed by atoms with Gasteiger partial charge in [0, 0.05) is 35.4 Å². The van der Waals surface area contributed by atoms with Gasteiger partial charge in [-0.3, -0.25) is 0 Å². The minimum absolute atomic E-state index is 0.586. The van der Waals surface area contributed by atoms with Crippen molar-refractivity contribution in [3.63, 3.8) is 0 Å².